The minimum Gasteiger partial charge on any atom is -0.332 e. The van der Waals surface area contributed by atoms with Gasteiger partial charge < -0.3 is 10.2 Å². The zero-order valence-corrected chi connectivity index (χ0v) is 16.4. The number of hydrogen-bond donors (Lipinski definition) is 1. The van der Waals surface area contributed by atoms with Crippen molar-refractivity contribution in [2.75, 3.05) is 19.6 Å². The molecule has 0 saturated carbocycles. The second-order valence-corrected chi connectivity index (χ2v) is 7.32. The Morgan fingerprint density at radius 2 is 1.82 bits per heavy atom. The van der Waals surface area contributed by atoms with Crippen LogP contribution in [0.3, 0.4) is 0 Å². The Labute approximate surface area is 164 Å². The van der Waals surface area contributed by atoms with Crippen LogP contribution in [0.1, 0.15) is 24.1 Å². The van der Waals surface area contributed by atoms with Gasteiger partial charge in [-0.3, -0.25) is 13.9 Å². The molecule has 0 radical (unpaired) electrons. The zero-order chi connectivity index (χ0) is 19.7. The van der Waals surface area contributed by atoms with Gasteiger partial charge in [-0.25, -0.2) is 4.79 Å². The van der Waals surface area contributed by atoms with E-state index in [0.29, 0.717) is 6.54 Å². The first-order valence-corrected chi connectivity index (χ1v) is 9.83. The first-order chi connectivity index (χ1) is 13.6. The summed E-state index contributed by atoms with van der Waals surface area (Å²) in [4.78, 5) is 27.8. The normalized spacial score (nSPS) is 17.2. The number of rotatable bonds is 4. The number of hydrogen-bond acceptors (Lipinski definition) is 3. The topological polar surface area (TPSA) is 59.3 Å². The number of nitrogens with one attached hydrogen (secondary N) is 1. The Balaban J connectivity index is 1.63. The standard InChI is InChI=1S/C22H26N4O2/c1-3-16-8-10-17(11-9-16)20-14-23-12-13-25(20)21(27)15-26-19-7-5-4-6-18(19)24(2)22(26)28/h4-11,20,23H,3,12-15H2,1-2H3. The van der Waals surface area contributed by atoms with Crippen LogP contribution in [0.4, 0.5) is 0 Å². The molecule has 0 spiro atoms. The predicted octanol–water partition coefficient (Wildman–Crippen LogP) is 2.08. The molecule has 1 aromatic heterocycles. The summed E-state index contributed by atoms with van der Waals surface area (Å²) in [6.45, 7) is 4.32. The van der Waals surface area contributed by atoms with E-state index in [-0.39, 0.29) is 24.2 Å². The molecule has 3 aromatic rings. The number of amides is 1. The highest BCUT2D eigenvalue weighted by Crippen LogP contribution is 2.23. The van der Waals surface area contributed by atoms with E-state index >= 15 is 0 Å². The first kappa shape index (κ1) is 18.5. The summed E-state index contributed by atoms with van der Waals surface area (Å²) in [6, 6.07) is 16.1. The van der Waals surface area contributed by atoms with Crippen molar-refractivity contribution < 1.29 is 4.79 Å². The smallest absolute Gasteiger partial charge is 0.329 e. The van der Waals surface area contributed by atoms with E-state index < -0.39 is 0 Å². The van der Waals surface area contributed by atoms with E-state index in [1.807, 2.05) is 29.2 Å². The van der Waals surface area contributed by atoms with Crippen molar-refractivity contribution in [1.29, 1.82) is 0 Å². The van der Waals surface area contributed by atoms with Crippen molar-refractivity contribution in [3.8, 4) is 0 Å². The van der Waals surface area contributed by atoms with Crippen LogP contribution >= 0.6 is 0 Å². The molecule has 0 bridgehead atoms. The lowest BCUT2D eigenvalue weighted by atomic mass is 10.0. The quantitative estimate of drug-likeness (QED) is 0.756. The van der Waals surface area contributed by atoms with Crippen molar-refractivity contribution in [1.82, 2.24) is 19.4 Å². The van der Waals surface area contributed by atoms with Gasteiger partial charge in [-0.1, -0.05) is 43.3 Å². The summed E-state index contributed by atoms with van der Waals surface area (Å²) in [6.07, 6.45) is 0.996. The molecule has 1 fully saturated rings. The number of nitrogens with zero attached hydrogens (tertiary/aromatic N) is 3. The van der Waals surface area contributed by atoms with E-state index in [2.05, 4.69) is 36.5 Å². The third-order valence-electron chi connectivity index (χ3n) is 5.68. The number of imidazole rings is 1. The Hall–Kier alpha value is -2.86. The third-order valence-corrected chi connectivity index (χ3v) is 5.68. The minimum absolute atomic E-state index is 0.0159. The van der Waals surface area contributed by atoms with Crippen LogP contribution in [0.5, 0.6) is 0 Å². The Bertz CT molecular complexity index is 1050. The van der Waals surface area contributed by atoms with Gasteiger partial charge in [0.05, 0.1) is 17.1 Å². The average Bonchev–Trinajstić information content (AvgIpc) is 2.99. The Morgan fingerprint density at radius 3 is 2.54 bits per heavy atom. The lowest BCUT2D eigenvalue weighted by Gasteiger charge is -2.36. The molecule has 1 unspecified atom stereocenters. The first-order valence-electron chi connectivity index (χ1n) is 9.83. The average molecular weight is 378 g/mol. The van der Waals surface area contributed by atoms with Crippen molar-refractivity contribution in [3.05, 3.63) is 70.1 Å². The highest BCUT2D eigenvalue weighted by Gasteiger charge is 2.28. The van der Waals surface area contributed by atoms with E-state index in [9.17, 15) is 9.59 Å². The summed E-state index contributed by atoms with van der Waals surface area (Å²) in [5.41, 5.74) is 3.89. The number of para-hydroxylation sites is 2. The Morgan fingerprint density at radius 1 is 1.11 bits per heavy atom. The van der Waals surface area contributed by atoms with Gasteiger partial charge in [0, 0.05) is 26.7 Å². The molecule has 6 heteroatoms. The minimum atomic E-state index is -0.159. The lowest BCUT2D eigenvalue weighted by molar-refractivity contribution is -0.135. The molecule has 28 heavy (non-hydrogen) atoms. The van der Waals surface area contributed by atoms with Gasteiger partial charge in [0.2, 0.25) is 5.91 Å². The summed E-state index contributed by atoms with van der Waals surface area (Å²) in [7, 11) is 1.74. The van der Waals surface area contributed by atoms with Gasteiger partial charge in [-0.2, -0.15) is 0 Å². The zero-order valence-electron chi connectivity index (χ0n) is 16.4. The van der Waals surface area contributed by atoms with Gasteiger partial charge in [-0.15, -0.1) is 0 Å². The molecule has 146 valence electrons. The number of carbonyl (C=O) groups excluding carboxylic acids is 1. The largest absolute Gasteiger partial charge is 0.332 e. The molecule has 6 nitrogen and oxygen atoms in total. The van der Waals surface area contributed by atoms with Crippen molar-refractivity contribution >= 4 is 16.9 Å². The lowest BCUT2D eigenvalue weighted by Crippen LogP contribution is -2.50. The van der Waals surface area contributed by atoms with Crippen molar-refractivity contribution in [3.63, 3.8) is 0 Å². The van der Waals surface area contributed by atoms with Crippen LogP contribution in [-0.4, -0.2) is 39.6 Å². The van der Waals surface area contributed by atoms with Crippen molar-refractivity contribution in [2.45, 2.75) is 25.9 Å². The fourth-order valence-electron chi connectivity index (χ4n) is 4.02. The molecule has 1 aliphatic heterocycles. The molecule has 2 heterocycles. The molecule has 4 rings (SSSR count). The SMILES string of the molecule is CCc1ccc(C2CNCCN2C(=O)Cn2c(=O)n(C)c3ccccc32)cc1. The molecule has 1 amide bonds. The number of piperazine rings is 1. The molecule has 1 aliphatic rings. The van der Waals surface area contributed by atoms with Crippen LogP contribution in [0.15, 0.2) is 53.3 Å². The van der Waals surface area contributed by atoms with E-state index in [1.165, 1.54) is 5.56 Å². The number of fused-ring (bicyclic) bond motifs is 1. The van der Waals surface area contributed by atoms with Gasteiger partial charge in [-0.05, 0) is 29.7 Å². The predicted molar refractivity (Wildman–Crippen MR) is 110 cm³/mol. The molecular weight excluding hydrogens is 352 g/mol. The summed E-state index contributed by atoms with van der Waals surface area (Å²) in [5.74, 6) is -0.0236. The molecule has 1 N–H and O–H groups in total. The molecule has 1 atom stereocenters. The van der Waals surface area contributed by atoms with E-state index in [1.54, 1.807) is 16.2 Å². The van der Waals surface area contributed by atoms with Gasteiger partial charge >= 0.3 is 5.69 Å². The fourth-order valence-corrected chi connectivity index (χ4v) is 4.02. The Kier molecular flexibility index (Phi) is 5.05. The molecule has 2 aromatic carbocycles. The number of aryl methyl sites for hydroxylation is 2. The highest BCUT2D eigenvalue weighted by molar-refractivity contribution is 5.81. The van der Waals surface area contributed by atoms with Crippen LogP contribution < -0.4 is 11.0 Å². The maximum Gasteiger partial charge on any atom is 0.329 e. The maximum absolute atomic E-state index is 13.2. The van der Waals surface area contributed by atoms with Gasteiger partial charge in [0.25, 0.3) is 0 Å². The monoisotopic (exact) mass is 378 g/mol. The second kappa shape index (κ2) is 7.64. The second-order valence-electron chi connectivity index (χ2n) is 7.32. The maximum atomic E-state index is 13.2. The number of benzene rings is 2. The fraction of sp³-hybridized carbons (Fsp3) is 0.364. The third kappa shape index (κ3) is 3.24. The van der Waals surface area contributed by atoms with Crippen molar-refractivity contribution in [2.24, 2.45) is 7.05 Å². The summed E-state index contributed by atoms with van der Waals surface area (Å²) < 4.78 is 3.18. The summed E-state index contributed by atoms with van der Waals surface area (Å²) >= 11 is 0. The molecule has 0 aliphatic carbocycles. The van der Waals surface area contributed by atoms with E-state index in [4.69, 9.17) is 0 Å². The highest BCUT2D eigenvalue weighted by atomic mass is 16.2. The van der Waals surface area contributed by atoms with Crippen LogP contribution in [-0.2, 0) is 24.8 Å². The number of carbonyl (C=O) groups is 1. The molecule has 1 saturated heterocycles. The van der Waals surface area contributed by atoms with Crippen LogP contribution in [0, 0.1) is 0 Å². The van der Waals surface area contributed by atoms with Crippen LogP contribution in [0.25, 0.3) is 11.0 Å². The molecular formula is C22H26N4O2. The van der Waals surface area contributed by atoms with Crippen LogP contribution in [0.2, 0.25) is 0 Å². The summed E-state index contributed by atoms with van der Waals surface area (Å²) in [5, 5.41) is 3.39. The van der Waals surface area contributed by atoms with E-state index in [0.717, 1.165) is 36.1 Å². The van der Waals surface area contributed by atoms with Gasteiger partial charge in [0.1, 0.15) is 6.54 Å². The van der Waals surface area contributed by atoms with Gasteiger partial charge in [0.15, 0.2) is 0 Å². The number of aromatic nitrogens is 2.